The van der Waals surface area contributed by atoms with Crippen LogP contribution in [0.3, 0.4) is 0 Å². The smallest absolute Gasteiger partial charge is 0.276 e. The number of aromatic nitrogens is 3. The van der Waals surface area contributed by atoms with Gasteiger partial charge in [0, 0.05) is 19.1 Å². The van der Waals surface area contributed by atoms with E-state index in [1.54, 1.807) is 17.0 Å². The summed E-state index contributed by atoms with van der Waals surface area (Å²) in [4.78, 5) is 15.2. The Kier molecular flexibility index (Phi) is 3.19. The van der Waals surface area contributed by atoms with E-state index in [-0.39, 0.29) is 23.5 Å². The van der Waals surface area contributed by atoms with Crippen LogP contribution in [-0.4, -0.2) is 44.9 Å². The van der Waals surface area contributed by atoms with Gasteiger partial charge in [-0.2, -0.15) is 9.90 Å². The molecule has 1 aromatic heterocycles. The summed E-state index contributed by atoms with van der Waals surface area (Å²) in [6.07, 6.45) is 2.22. The van der Waals surface area contributed by atoms with Crippen molar-refractivity contribution in [3.63, 3.8) is 0 Å². The first-order chi connectivity index (χ1) is 9.63. The molecule has 1 fully saturated rings. The number of amides is 1. The molecule has 2 aromatic rings. The predicted octanol–water partition coefficient (Wildman–Crippen LogP) is 0.580. The molecule has 0 spiro atoms. The Morgan fingerprint density at radius 2 is 2.10 bits per heavy atom. The van der Waals surface area contributed by atoms with Crippen LogP contribution in [0.1, 0.15) is 16.9 Å². The molecule has 0 aliphatic carbocycles. The molecule has 1 aliphatic rings. The van der Waals surface area contributed by atoms with Crippen molar-refractivity contribution < 1.29 is 9.18 Å². The molecule has 1 amide bonds. The molecular formula is C13H14FN5O. The van der Waals surface area contributed by atoms with E-state index in [1.807, 2.05) is 0 Å². The number of nitrogens with zero attached hydrogens (tertiary/aromatic N) is 4. The fourth-order valence-electron chi connectivity index (χ4n) is 2.19. The highest BCUT2D eigenvalue weighted by molar-refractivity contribution is 5.92. The van der Waals surface area contributed by atoms with Gasteiger partial charge < -0.3 is 10.6 Å². The number of likely N-dealkylation sites (tertiary alicyclic amines) is 1. The number of hydrogen-bond acceptors (Lipinski definition) is 4. The van der Waals surface area contributed by atoms with Crippen LogP contribution in [0.5, 0.6) is 0 Å². The molecule has 0 unspecified atom stereocenters. The summed E-state index contributed by atoms with van der Waals surface area (Å²) in [6.45, 7) is 1.19. The number of carbonyl (C=O) groups excluding carboxylic acids is 1. The van der Waals surface area contributed by atoms with Crippen LogP contribution < -0.4 is 5.73 Å². The monoisotopic (exact) mass is 275 g/mol. The molecule has 3 rings (SSSR count). The summed E-state index contributed by atoms with van der Waals surface area (Å²) < 4.78 is 12.9. The van der Waals surface area contributed by atoms with E-state index in [2.05, 4.69) is 10.2 Å². The highest BCUT2D eigenvalue weighted by atomic mass is 19.1. The molecule has 104 valence electrons. The summed E-state index contributed by atoms with van der Waals surface area (Å²) in [5, 5.41) is 8.16. The largest absolute Gasteiger partial charge is 0.336 e. The third kappa shape index (κ3) is 2.39. The second-order valence-electron chi connectivity index (χ2n) is 4.80. The second-order valence-corrected chi connectivity index (χ2v) is 4.80. The summed E-state index contributed by atoms with van der Waals surface area (Å²) >= 11 is 0. The maximum Gasteiger partial charge on any atom is 0.276 e. The molecule has 1 aliphatic heterocycles. The van der Waals surface area contributed by atoms with E-state index < -0.39 is 0 Å². The molecule has 20 heavy (non-hydrogen) atoms. The fraction of sp³-hybridized carbons (Fsp3) is 0.308. The minimum Gasteiger partial charge on any atom is -0.336 e. The van der Waals surface area contributed by atoms with Gasteiger partial charge in [-0.15, -0.1) is 5.10 Å². The van der Waals surface area contributed by atoms with Crippen molar-refractivity contribution in [2.45, 2.75) is 12.5 Å². The lowest BCUT2D eigenvalue weighted by Crippen LogP contribution is -2.32. The van der Waals surface area contributed by atoms with Crippen LogP contribution >= 0.6 is 0 Å². The van der Waals surface area contributed by atoms with Gasteiger partial charge in [-0.3, -0.25) is 4.79 Å². The maximum atomic E-state index is 12.9. The molecular weight excluding hydrogens is 261 g/mol. The summed E-state index contributed by atoms with van der Waals surface area (Å²) in [7, 11) is 0. The van der Waals surface area contributed by atoms with Crippen molar-refractivity contribution in [3.05, 3.63) is 42.0 Å². The van der Waals surface area contributed by atoms with E-state index >= 15 is 0 Å². The van der Waals surface area contributed by atoms with Crippen LogP contribution in [0.25, 0.3) is 5.69 Å². The van der Waals surface area contributed by atoms with Gasteiger partial charge >= 0.3 is 0 Å². The minimum atomic E-state index is -0.330. The molecule has 6 nitrogen and oxygen atoms in total. The van der Waals surface area contributed by atoms with Crippen molar-refractivity contribution in [1.29, 1.82) is 0 Å². The molecule has 2 N–H and O–H groups in total. The maximum absolute atomic E-state index is 12.9. The van der Waals surface area contributed by atoms with E-state index in [1.165, 1.54) is 23.1 Å². The molecule has 1 aromatic carbocycles. The second kappa shape index (κ2) is 5.01. The van der Waals surface area contributed by atoms with Crippen LogP contribution in [-0.2, 0) is 0 Å². The molecule has 1 saturated heterocycles. The lowest BCUT2D eigenvalue weighted by Gasteiger charge is -2.13. The zero-order valence-electron chi connectivity index (χ0n) is 10.7. The van der Waals surface area contributed by atoms with Gasteiger partial charge in [0.15, 0.2) is 5.69 Å². The summed E-state index contributed by atoms with van der Waals surface area (Å²) in [5.41, 5.74) is 6.65. The first-order valence-electron chi connectivity index (χ1n) is 6.36. The van der Waals surface area contributed by atoms with Gasteiger partial charge in [0.05, 0.1) is 11.9 Å². The topological polar surface area (TPSA) is 77.0 Å². The van der Waals surface area contributed by atoms with Crippen LogP contribution in [0.15, 0.2) is 30.5 Å². The minimum absolute atomic E-state index is 0.0334. The third-order valence-electron chi connectivity index (χ3n) is 3.28. The van der Waals surface area contributed by atoms with Gasteiger partial charge in [-0.1, -0.05) is 0 Å². The number of halogens is 1. The lowest BCUT2D eigenvalue weighted by atomic mass is 10.3. The normalized spacial score (nSPS) is 18.5. The van der Waals surface area contributed by atoms with Crippen molar-refractivity contribution in [2.75, 3.05) is 13.1 Å². The van der Waals surface area contributed by atoms with Crippen molar-refractivity contribution >= 4 is 5.91 Å². The van der Waals surface area contributed by atoms with Gasteiger partial charge in [0.1, 0.15) is 5.82 Å². The number of carbonyl (C=O) groups is 1. The van der Waals surface area contributed by atoms with Crippen LogP contribution in [0.2, 0.25) is 0 Å². The molecule has 1 atom stereocenters. The van der Waals surface area contributed by atoms with Gasteiger partial charge in [-0.25, -0.2) is 4.39 Å². The number of hydrogen-bond donors (Lipinski definition) is 1. The third-order valence-corrected chi connectivity index (χ3v) is 3.28. The average molecular weight is 275 g/mol. The van der Waals surface area contributed by atoms with E-state index in [0.717, 1.165) is 6.42 Å². The zero-order chi connectivity index (χ0) is 14.1. The Balaban J connectivity index is 1.79. The van der Waals surface area contributed by atoms with E-state index in [0.29, 0.717) is 18.8 Å². The predicted molar refractivity (Wildman–Crippen MR) is 69.8 cm³/mol. The Labute approximate surface area is 115 Å². The quantitative estimate of drug-likeness (QED) is 0.869. The van der Waals surface area contributed by atoms with Crippen molar-refractivity contribution in [2.24, 2.45) is 5.73 Å². The molecule has 0 bridgehead atoms. The SMILES string of the molecule is N[C@H]1CCN(C(=O)c2cnn(-c3ccc(F)cc3)n2)C1. The molecule has 7 heteroatoms. The zero-order valence-corrected chi connectivity index (χ0v) is 10.7. The summed E-state index contributed by atoms with van der Waals surface area (Å²) in [5.74, 6) is -0.505. The first kappa shape index (κ1) is 12.7. The average Bonchev–Trinajstić information content (AvgIpc) is 3.08. The standard InChI is InChI=1S/C13H14FN5O/c14-9-1-3-11(4-2-9)19-16-7-12(17-19)13(20)18-6-5-10(15)8-18/h1-4,7,10H,5-6,8,15H2/t10-/m0/s1. The van der Waals surface area contributed by atoms with Gasteiger partial charge in [0.25, 0.3) is 5.91 Å². The number of benzene rings is 1. The highest BCUT2D eigenvalue weighted by Crippen LogP contribution is 2.12. The van der Waals surface area contributed by atoms with Crippen LogP contribution in [0, 0.1) is 5.82 Å². The Morgan fingerprint density at radius 3 is 2.75 bits per heavy atom. The Hall–Kier alpha value is -2.28. The van der Waals surface area contributed by atoms with Crippen molar-refractivity contribution in [1.82, 2.24) is 19.9 Å². The van der Waals surface area contributed by atoms with Gasteiger partial charge in [0.2, 0.25) is 0 Å². The van der Waals surface area contributed by atoms with Crippen LogP contribution in [0.4, 0.5) is 4.39 Å². The van der Waals surface area contributed by atoms with Crippen molar-refractivity contribution in [3.8, 4) is 5.69 Å². The lowest BCUT2D eigenvalue weighted by molar-refractivity contribution is 0.0784. The highest BCUT2D eigenvalue weighted by Gasteiger charge is 2.26. The molecule has 2 heterocycles. The van der Waals surface area contributed by atoms with Gasteiger partial charge in [-0.05, 0) is 30.7 Å². The van der Waals surface area contributed by atoms with E-state index in [4.69, 9.17) is 5.73 Å². The summed E-state index contributed by atoms with van der Waals surface area (Å²) in [6, 6.07) is 5.77. The molecule has 0 radical (unpaired) electrons. The first-order valence-corrected chi connectivity index (χ1v) is 6.36. The fourth-order valence-corrected chi connectivity index (χ4v) is 2.19. The Bertz CT molecular complexity index is 624. The van der Waals surface area contributed by atoms with E-state index in [9.17, 15) is 9.18 Å². The number of nitrogens with two attached hydrogens (primary N) is 1. The number of rotatable bonds is 2. The Morgan fingerprint density at radius 1 is 1.35 bits per heavy atom. The molecule has 0 saturated carbocycles.